The van der Waals surface area contributed by atoms with Gasteiger partial charge in [0, 0.05) is 17.8 Å². The van der Waals surface area contributed by atoms with Crippen LogP contribution in [0, 0.1) is 6.92 Å². The first-order valence-corrected chi connectivity index (χ1v) is 7.28. The number of hydrogen-bond donors (Lipinski definition) is 2. The molecule has 7 heteroatoms. The lowest BCUT2D eigenvalue weighted by Gasteiger charge is -2.12. The van der Waals surface area contributed by atoms with E-state index in [1.54, 1.807) is 24.3 Å². The molecule has 7 nitrogen and oxygen atoms in total. The summed E-state index contributed by atoms with van der Waals surface area (Å²) >= 11 is 0. The number of pyridine rings is 1. The molecule has 2 aromatic rings. The highest BCUT2D eigenvalue weighted by Crippen LogP contribution is 2.18. The van der Waals surface area contributed by atoms with Crippen molar-refractivity contribution in [2.24, 2.45) is 0 Å². The highest BCUT2D eigenvalue weighted by Gasteiger charge is 2.14. The Labute approximate surface area is 140 Å². The zero-order valence-corrected chi connectivity index (χ0v) is 13.8. The second-order valence-electron chi connectivity index (χ2n) is 4.97. The van der Waals surface area contributed by atoms with E-state index in [0.717, 1.165) is 11.3 Å². The second-order valence-corrected chi connectivity index (χ2v) is 4.97. The van der Waals surface area contributed by atoms with Crippen LogP contribution in [0.5, 0.6) is 5.88 Å². The lowest BCUT2D eigenvalue weighted by atomic mass is 10.1. The van der Waals surface area contributed by atoms with Gasteiger partial charge in [0.05, 0.1) is 25.5 Å². The van der Waals surface area contributed by atoms with E-state index in [0.29, 0.717) is 17.1 Å². The maximum Gasteiger partial charge on any atom is 0.411 e. The van der Waals surface area contributed by atoms with Crippen molar-refractivity contribution in [2.75, 3.05) is 19.5 Å². The number of para-hydroxylation sites is 1. The molecule has 1 aromatic carbocycles. The van der Waals surface area contributed by atoms with E-state index in [2.05, 4.69) is 20.4 Å². The fourth-order valence-corrected chi connectivity index (χ4v) is 2.09. The summed E-state index contributed by atoms with van der Waals surface area (Å²) in [4.78, 5) is 28.0. The van der Waals surface area contributed by atoms with Gasteiger partial charge in [-0.15, -0.1) is 0 Å². The van der Waals surface area contributed by atoms with Crippen LogP contribution < -0.4 is 15.4 Å². The number of aromatic nitrogens is 1. The summed E-state index contributed by atoms with van der Waals surface area (Å²) < 4.78 is 9.77. The van der Waals surface area contributed by atoms with E-state index in [-0.39, 0.29) is 12.5 Å². The summed E-state index contributed by atoms with van der Waals surface area (Å²) in [5, 5.41) is 5.30. The Morgan fingerprint density at radius 1 is 1.12 bits per heavy atom. The van der Waals surface area contributed by atoms with Gasteiger partial charge >= 0.3 is 6.09 Å². The van der Waals surface area contributed by atoms with Crippen LogP contribution in [0.25, 0.3) is 0 Å². The summed E-state index contributed by atoms with van der Waals surface area (Å²) in [5.41, 5.74) is 2.29. The van der Waals surface area contributed by atoms with Gasteiger partial charge in [0.15, 0.2) is 0 Å². The maximum absolute atomic E-state index is 12.4. The molecule has 2 amide bonds. The number of ether oxygens (including phenoxy) is 2. The predicted molar refractivity (Wildman–Crippen MR) is 89.2 cm³/mol. The summed E-state index contributed by atoms with van der Waals surface area (Å²) in [6.07, 6.45) is -0.639. The molecule has 2 rings (SSSR count). The highest BCUT2D eigenvalue weighted by atomic mass is 16.5. The Bertz CT molecular complexity index is 746. The summed E-state index contributed by atoms with van der Waals surface area (Å²) in [6, 6.07) is 10.4. The smallest absolute Gasteiger partial charge is 0.411 e. The minimum Gasteiger partial charge on any atom is -0.481 e. The van der Waals surface area contributed by atoms with Crippen LogP contribution in [0.15, 0.2) is 36.4 Å². The summed E-state index contributed by atoms with van der Waals surface area (Å²) in [5.74, 6) is 0.140. The quantitative estimate of drug-likeness (QED) is 0.880. The molecular weight excluding hydrogens is 310 g/mol. The number of aryl methyl sites for hydroxylation is 1. The van der Waals surface area contributed by atoms with Gasteiger partial charge in [0.25, 0.3) is 5.91 Å². The molecule has 0 aliphatic carbocycles. The number of carbonyl (C=O) groups excluding carboxylic acids is 2. The fraction of sp³-hybridized carbons (Fsp3) is 0.235. The van der Waals surface area contributed by atoms with Gasteiger partial charge in [-0.25, -0.2) is 9.78 Å². The molecular formula is C17H19N3O4. The van der Waals surface area contributed by atoms with Crippen LogP contribution in [0.2, 0.25) is 0 Å². The molecule has 0 aliphatic heterocycles. The van der Waals surface area contributed by atoms with Gasteiger partial charge in [-0.1, -0.05) is 18.2 Å². The van der Waals surface area contributed by atoms with Gasteiger partial charge in [0.1, 0.15) is 0 Å². The van der Waals surface area contributed by atoms with E-state index in [1.807, 2.05) is 19.1 Å². The third kappa shape index (κ3) is 4.22. The normalized spacial score (nSPS) is 9.96. The highest BCUT2D eigenvalue weighted by molar-refractivity contribution is 6.02. The Morgan fingerprint density at radius 3 is 2.58 bits per heavy atom. The Hall–Kier alpha value is -3.09. The third-order valence-electron chi connectivity index (χ3n) is 3.30. The molecule has 0 saturated heterocycles. The number of benzene rings is 1. The first-order chi connectivity index (χ1) is 11.5. The standard InChI is InChI=1S/C17H19N3O4/c1-11-8-9-12(16(19-11)23-2)10-18-15(21)13-6-4-5-7-14(13)20-17(22)24-3/h4-9H,10H2,1-3H3,(H,18,21)(H,20,22). The van der Waals surface area contributed by atoms with Gasteiger partial charge in [-0.05, 0) is 25.1 Å². The van der Waals surface area contributed by atoms with Crippen molar-refractivity contribution >= 4 is 17.7 Å². The molecule has 24 heavy (non-hydrogen) atoms. The van der Waals surface area contributed by atoms with Gasteiger partial charge in [-0.3, -0.25) is 10.1 Å². The molecule has 1 heterocycles. The molecule has 1 aromatic heterocycles. The van der Waals surface area contributed by atoms with Crippen molar-refractivity contribution in [3.8, 4) is 5.88 Å². The van der Waals surface area contributed by atoms with Crippen molar-refractivity contribution in [3.05, 3.63) is 53.2 Å². The Kier molecular flexibility index (Phi) is 5.73. The van der Waals surface area contributed by atoms with E-state index >= 15 is 0 Å². The molecule has 0 radical (unpaired) electrons. The van der Waals surface area contributed by atoms with Crippen molar-refractivity contribution in [1.82, 2.24) is 10.3 Å². The van der Waals surface area contributed by atoms with Gasteiger partial charge in [-0.2, -0.15) is 0 Å². The van der Waals surface area contributed by atoms with Crippen molar-refractivity contribution < 1.29 is 19.1 Å². The van der Waals surface area contributed by atoms with Crippen molar-refractivity contribution in [1.29, 1.82) is 0 Å². The number of nitrogens with one attached hydrogen (secondary N) is 2. The van der Waals surface area contributed by atoms with E-state index in [1.165, 1.54) is 14.2 Å². The van der Waals surface area contributed by atoms with Gasteiger partial charge < -0.3 is 14.8 Å². The maximum atomic E-state index is 12.4. The number of hydrogen-bond acceptors (Lipinski definition) is 5. The van der Waals surface area contributed by atoms with Crippen LogP contribution >= 0.6 is 0 Å². The topological polar surface area (TPSA) is 89.5 Å². The zero-order chi connectivity index (χ0) is 17.5. The second kappa shape index (κ2) is 7.96. The monoisotopic (exact) mass is 329 g/mol. The molecule has 0 saturated carbocycles. The lowest BCUT2D eigenvalue weighted by Crippen LogP contribution is -2.25. The summed E-state index contributed by atoms with van der Waals surface area (Å²) in [6.45, 7) is 2.11. The minimum absolute atomic E-state index is 0.252. The number of methoxy groups -OCH3 is 2. The van der Waals surface area contributed by atoms with Crippen LogP contribution in [0.3, 0.4) is 0 Å². The van der Waals surface area contributed by atoms with Crippen LogP contribution in [0.1, 0.15) is 21.6 Å². The molecule has 0 atom stereocenters. The SMILES string of the molecule is COC(=O)Nc1ccccc1C(=O)NCc1ccc(C)nc1OC. The fourth-order valence-electron chi connectivity index (χ4n) is 2.09. The average molecular weight is 329 g/mol. The first-order valence-electron chi connectivity index (χ1n) is 7.28. The Balaban J connectivity index is 2.12. The van der Waals surface area contributed by atoms with Gasteiger partial charge in [0.2, 0.25) is 5.88 Å². The third-order valence-corrected chi connectivity index (χ3v) is 3.30. The molecule has 0 fully saturated rings. The number of nitrogens with zero attached hydrogens (tertiary/aromatic N) is 1. The average Bonchev–Trinajstić information content (AvgIpc) is 2.60. The molecule has 0 unspecified atom stereocenters. The van der Waals surface area contributed by atoms with E-state index in [9.17, 15) is 9.59 Å². The van der Waals surface area contributed by atoms with E-state index in [4.69, 9.17) is 4.74 Å². The predicted octanol–water partition coefficient (Wildman–Crippen LogP) is 2.51. The van der Waals surface area contributed by atoms with E-state index < -0.39 is 6.09 Å². The Morgan fingerprint density at radius 2 is 1.88 bits per heavy atom. The largest absolute Gasteiger partial charge is 0.481 e. The number of carbonyl (C=O) groups is 2. The minimum atomic E-state index is -0.639. The molecule has 126 valence electrons. The molecule has 0 spiro atoms. The molecule has 0 bridgehead atoms. The lowest BCUT2D eigenvalue weighted by molar-refractivity contribution is 0.0951. The van der Waals surface area contributed by atoms with Crippen LogP contribution in [-0.2, 0) is 11.3 Å². The molecule has 2 N–H and O–H groups in total. The van der Waals surface area contributed by atoms with Crippen molar-refractivity contribution in [3.63, 3.8) is 0 Å². The number of rotatable bonds is 5. The zero-order valence-electron chi connectivity index (χ0n) is 13.8. The summed E-state index contributed by atoms with van der Waals surface area (Å²) in [7, 11) is 2.79. The number of amides is 2. The van der Waals surface area contributed by atoms with Crippen LogP contribution in [-0.4, -0.2) is 31.2 Å². The molecule has 0 aliphatic rings. The van der Waals surface area contributed by atoms with Crippen molar-refractivity contribution in [2.45, 2.75) is 13.5 Å². The first kappa shape index (κ1) is 17.3. The number of anilines is 1. The van der Waals surface area contributed by atoms with Crippen LogP contribution in [0.4, 0.5) is 10.5 Å².